The minimum Gasteiger partial charge on any atom is -0.457 e. The number of hydrogen-bond donors (Lipinski definition) is 3. The average Bonchev–Trinajstić information content (AvgIpc) is 2.33. The SMILES string of the molecule is Cc1ccc(Oc2ccc(C)cc2C)cc1.O=P(O)(O)O. The second-order valence-electron chi connectivity index (χ2n) is 4.70. The Morgan fingerprint density at radius 1 is 0.857 bits per heavy atom. The van der Waals surface area contributed by atoms with Crippen molar-refractivity contribution in [3.8, 4) is 11.5 Å². The molecule has 0 aliphatic carbocycles. The van der Waals surface area contributed by atoms with Crippen LogP contribution in [0.1, 0.15) is 16.7 Å². The molecule has 2 aromatic rings. The Labute approximate surface area is 124 Å². The van der Waals surface area contributed by atoms with Crippen molar-refractivity contribution >= 4 is 7.82 Å². The van der Waals surface area contributed by atoms with Crippen molar-refractivity contribution in [1.82, 2.24) is 0 Å². The van der Waals surface area contributed by atoms with Gasteiger partial charge in [-0.2, -0.15) is 0 Å². The lowest BCUT2D eigenvalue weighted by atomic mass is 10.1. The first-order valence-corrected chi connectivity index (χ1v) is 7.82. The molecule has 0 bridgehead atoms. The van der Waals surface area contributed by atoms with E-state index < -0.39 is 7.82 Å². The Kier molecular flexibility index (Phi) is 6.12. The summed E-state index contributed by atoms with van der Waals surface area (Å²) < 4.78 is 14.7. The predicted octanol–water partition coefficient (Wildman–Crippen LogP) is 3.48. The van der Waals surface area contributed by atoms with Crippen LogP contribution in [0, 0.1) is 20.8 Å². The first kappa shape index (κ1) is 17.4. The number of aryl methyl sites for hydroxylation is 3. The third kappa shape index (κ3) is 7.63. The zero-order valence-electron chi connectivity index (χ0n) is 12.1. The van der Waals surface area contributed by atoms with Gasteiger partial charge >= 0.3 is 7.82 Å². The fraction of sp³-hybridized carbons (Fsp3) is 0.200. The molecule has 0 amide bonds. The number of benzene rings is 2. The standard InChI is InChI=1S/C15H16O.H3O4P/c1-11-4-7-14(8-5-11)16-15-9-6-12(2)10-13(15)3;1-5(2,3)4/h4-10H,1-3H3;(H3,1,2,3,4). The topological polar surface area (TPSA) is 87.0 Å². The maximum absolute atomic E-state index is 8.88. The lowest BCUT2D eigenvalue weighted by Crippen LogP contribution is -1.88. The van der Waals surface area contributed by atoms with Gasteiger partial charge < -0.3 is 19.4 Å². The van der Waals surface area contributed by atoms with Gasteiger partial charge in [0.1, 0.15) is 11.5 Å². The third-order valence-electron chi connectivity index (χ3n) is 2.58. The summed E-state index contributed by atoms with van der Waals surface area (Å²) in [5, 5.41) is 0. The Balaban J connectivity index is 0.000000383. The number of hydrogen-bond acceptors (Lipinski definition) is 2. The molecule has 0 fully saturated rings. The molecule has 5 nitrogen and oxygen atoms in total. The molecule has 0 heterocycles. The molecule has 0 saturated carbocycles. The summed E-state index contributed by atoms with van der Waals surface area (Å²) in [5.41, 5.74) is 3.67. The Morgan fingerprint density at radius 3 is 1.81 bits per heavy atom. The van der Waals surface area contributed by atoms with Crippen molar-refractivity contribution in [2.45, 2.75) is 20.8 Å². The van der Waals surface area contributed by atoms with Gasteiger partial charge in [-0.3, -0.25) is 0 Å². The molecular weight excluding hydrogens is 291 g/mol. The predicted molar refractivity (Wildman–Crippen MR) is 81.4 cm³/mol. The summed E-state index contributed by atoms with van der Waals surface area (Å²) in [6.45, 7) is 6.22. The van der Waals surface area contributed by atoms with Gasteiger partial charge in [-0.15, -0.1) is 0 Å². The highest BCUT2D eigenvalue weighted by atomic mass is 31.2. The van der Waals surface area contributed by atoms with E-state index in [1.807, 2.05) is 18.2 Å². The molecule has 6 heteroatoms. The first-order chi connectivity index (χ1) is 9.65. The molecule has 0 aromatic heterocycles. The lowest BCUT2D eigenvalue weighted by molar-refractivity contribution is 0.275. The number of phosphoric acid groups is 1. The maximum Gasteiger partial charge on any atom is 0.466 e. The minimum absolute atomic E-state index is 0.887. The summed E-state index contributed by atoms with van der Waals surface area (Å²) in [7, 11) is -4.64. The third-order valence-corrected chi connectivity index (χ3v) is 2.58. The van der Waals surface area contributed by atoms with Crippen molar-refractivity contribution in [3.05, 3.63) is 59.2 Å². The molecule has 0 aliphatic rings. The van der Waals surface area contributed by atoms with Crippen LogP contribution < -0.4 is 4.74 Å². The van der Waals surface area contributed by atoms with E-state index in [9.17, 15) is 0 Å². The normalized spacial score (nSPS) is 10.6. The van der Waals surface area contributed by atoms with Crippen molar-refractivity contribution in [2.75, 3.05) is 0 Å². The van der Waals surface area contributed by atoms with E-state index in [0.29, 0.717) is 0 Å². The van der Waals surface area contributed by atoms with Crippen LogP contribution in [0.4, 0.5) is 0 Å². The van der Waals surface area contributed by atoms with Crippen LogP contribution >= 0.6 is 7.82 Å². The van der Waals surface area contributed by atoms with Gasteiger partial charge in [0.05, 0.1) is 0 Å². The zero-order chi connectivity index (χ0) is 16.0. The molecule has 0 atom stereocenters. The van der Waals surface area contributed by atoms with Gasteiger partial charge in [0.2, 0.25) is 0 Å². The van der Waals surface area contributed by atoms with E-state index >= 15 is 0 Å². The summed E-state index contributed by atoms with van der Waals surface area (Å²) in [6.07, 6.45) is 0. The molecule has 0 spiro atoms. The fourth-order valence-corrected chi connectivity index (χ4v) is 1.65. The fourth-order valence-electron chi connectivity index (χ4n) is 1.65. The van der Waals surface area contributed by atoms with Crippen LogP contribution in [0.5, 0.6) is 11.5 Å². The van der Waals surface area contributed by atoms with Crippen molar-refractivity contribution in [2.24, 2.45) is 0 Å². The zero-order valence-corrected chi connectivity index (χ0v) is 13.0. The molecule has 2 aromatic carbocycles. The number of ether oxygens (including phenoxy) is 1. The Morgan fingerprint density at radius 2 is 1.33 bits per heavy atom. The van der Waals surface area contributed by atoms with E-state index in [0.717, 1.165) is 11.5 Å². The highest BCUT2D eigenvalue weighted by Crippen LogP contribution is 2.26. The Bertz CT molecular complexity index is 623. The van der Waals surface area contributed by atoms with E-state index in [-0.39, 0.29) is 0 Å². The van der Waals surface area contributed by atoms with Crippen molar-refractivity contribution in [3.63, 3.8) is 0 Å². The largest absolute Gasteiger partial charge is 0.466 e. The van der Waals surface area contributed by atoms with E-state index in [1.54, 1.807) is 0 Å². The maximum atomic E-state index is 8.88. The Hall–Kier alpha value is -1.65. The average molecular weight is 310 g/mol. The monoisotopic (exact) mass is 310 g/mol. The van der Waals surface area contributed by atoms with Gasteiger partial charge in [0.15, 0.2) is 0 Å². The summed E-state index contributed by atoms with van der Waals surface area (Å²) in [6, 6.07) is 14.3. The number of rotatable bonds is 2. The molecule has 2 rings (SSSR count). The molecule has 3 N–H and O–H groups in total. The summed E-state index contributed by atoms with van der Waals surface area (Å²) >= 11 is 0. The highest BCUT2D eigenvalue weighted by molar-refractivity contribution is 7.45. The second kappa shape index (κ2) is 7.38. The highest BCUT2D eigenvalue weighted by Gasteiger charge is 2.01. The quantitative estimate of drug-likeness (QED) is 0.739. The van der Waals surface area contributed by atoms with Gasteiger partial charge in [-0.25, -0.2) is 4.57 Å². The van der Waals surface area contributed by atoms with Crippen LogP contribution in [0.3, 0.4) is 0 Å². The van der Waals surface area contributed by atoms with E-state index in [4.69, 9.17) is 24.0 Å². The molecular formula is C15H19O5P. The smallest absolute Gasteiger partial charge is 0.457 e. The molecule has 0 radical (unpaired) electrons. The molecule has 0 saturated heterocycles. The molecule has 0 unspecified atom stereocenters. The minimum atomic E-state index is -4.64. The first-order valence-electron chi connectivity index (χ1n) is 6.25. The van der Waals surface area contributed by atoms with Crippen LogP contribution in [0.25, 0.3) is 0 Å². The summed E-state index contributed by atoms with van der Waals surface area (Å²) in [5.74, 6) is 1.81. The molecule has 114 valence electrons. The summed E-state index contributed by atoms with van der Waals surface area (Å²) in [4.78, 5) is 21.6. The van der Waals surface area contributed by atoms with Gasteiger partial charge in [0, 0.05) is 0 Å². The lowest BCUT2D eigenvalue weighted by Gasteiger charge is -2.09. The van der Waals surface area contributed by atoms with Crippen LogP contribution in [0.15, 0.2) is 42.5 Å². The molecule has 21 heavy (non-hydrogen) atoms. The van der Waals surface area contributed by atoms with Crippen LogP contribution in [-0.4, -0.2) is 14.7 Å². The van der Waals surface area contributed by atoms with Gasteiger partial charge in [0.25, 0.3) is 0 Å². The van der Waals surface area contributed by atoms with Crippen LogP contribution in [0.2, 0.25) is 0 Å². The van der Waals surface area contributed by atoms with Gasteiger partial charge in [-0.05, 0) is 44.5 Å². The van der Waals surface area contributed by atoms with Crippen LogP contribution in [-0.2, 0) is 4.57 Å². The molecule has 0 aliphatic heterocycles. The van der Waals surface area contributed by atoms with Gasteiger partial charge in [-0.1, -0.05) is 35.4 Å². The van der Waals surface area contributed by atoms with E-state index in [2.05, 4.69) is 45.0 Å². The van der Waals surface area contributed by atoms with E-state index in [1.165, 1.54) is 16.7 Å². The van der Waals surface area contributed by atoms with Crippen molar-refractivity contribution in [1.29, 1.82) is 0 Å². The van der Waals surface area contributed by atoms with Crippen molar-refractivity contribution < 1.29 is 24.0 Å². The second-order valence-corrected chi connectivity index (χ2v) is 5.72.